The lowest BCUT2D eigenvalue weighted by atomic mass is 10.1. The Kier molecular flexibility index (Phi) is 14.7. The van der Waals surface area contributed by atoms with Crippen LogP contribution < -0.4 is 41.4 Å². The van der Waals surface area contributed by atoms with Crippen molar-refractivity contribution in [3.8, 4) is 11.5 Å². The molecule has 0 aliphatic carbocycles. The van der Waals surface area contributed by atoms with E-state index in [1.54, 1.807) is 47.5 Å². The maximum Gasteiger partial charge on any atom is 0.259 e. The van der Waals surface area contributed by atoms with E-state index in [1.165, 1.54) is 11.1 Å². The third-order valence-corrected chi connectivity index (χ3v) is 9.97. The summed E-state index contributed by atoms with van der Waals surface area (Å²) in [5.41, 5.74) is 14.4. The SMILES string of the molecule is CC(C)Nc1nccc(N(CC(O)[C@@H](O)CN)C(=O)c2ccc3c(c2)CCO3)n1.CC(C)Nc1nccc(N(CC2OC(C)(C)O[C@H]2CN)C(=O)c2ccc3c(c2)CCO3)n1. The normalized spacial score (nSPS) is 18.2. The highest BCUT2D eigenvalue weighted by molar-refractivity contribution is 6.06. The number of hydrogen-bond acceptors (Lipinski definition) is 16. The minimum atomic E-state index is -1.22. The van der Waals surface area contributed by atoms with Gasteiger partial charge in [0.25, 0.3) is 11.8 Å². The number of hydrogen-bond donors (Lipinski definition) is 6. The zero-order valence-electron chi connectivity index (χ0n) is 35.6. The molecule has 3 aliphatic rings. The number of amides is 2. The molecule has 5 heterocycles. The van der Waals surface area contributed by atoms with Crippen molar-refractivity contribution in [2.45, 2.75) is 96.7 Å². The van der Waals surface area contributed by atoms with E-state index in [0.29, 0.717) is 47.9 Å². The molecule has 1 saturated heterocycles. The zero-order chi connectivity index (χ0) is 43.8. The number of carbonyl (C=O) groups is 2. The number of benzene rings is 2. The van der Waals surface area contributed by atoms with Gasteiger partial charge in [0.15, 0.2) is 5.79 Å². The van der Waals surface area contributed by atoms with Gasteiger partial charge in [0, 0.05) is 61.5 Å². The first-order chi connectivity index (χ1) is 29.1. The Labute approximate surface area is 356 Å². The third kappa shape index (κ3) is 11.5. The molecule has 4 aromatic rings. The van der Waals surface area contributed by atoms with Crippen LogP contribution in [0.25, 0.3) is 0 Å². The van der Waals surface area contributed by atoms with Crippen molar-refractivity contribution < 1.29 is 38.7 Å². The summed E-state index contributed by atoms with van der Waals surface area (Å²) in [6.45, 7) is 13.1. The number of rotatable bonds is 15. The molecule has 2 aromatic carbocycles. The van der Waals surface area contributed by atoms with Gasteiger partial charge >= 0.3 is 0 Å². The standard InChI is InChI=1S/C23H31N5O4.C20H27N5O4/c1-14(2)26-22-25-9-7-20(27-22)28(13-19-18(12-24)31-23(3,4)32-19)21(29)16-5-6-17-15(11-16)8-10-30-17;1-12(2)23-20-22-7-5-18(24-20)25(11-16(27)15(26)10-21)19(28)14-3-4-17-13(9-14)6-8-29-17/h5-7,9,11,14,18-19H,8,10,12-13,24H2,1-4H3,(H,25,26,27);3-5,7,9,12,15-16,26-27H,6,8,10-11,21H2,1-2H3,(H,22,23,24)/t18-,19?;15-,16?/m00/s1. The van der Waals surface area contributed by atoms with E-state index in [9.17, 15) is 19.8 Å². The molecule has 0 spiro atoms. The molecule has 328 valence electrons. The van der Waals surface area contributed by atoms with Crippen LogP contribution in [0.5, 0.6) is 11.5 Å². The van der Waals surface area contributed by atoms with Gasteiger partial charge in [-0.3, -0.25) is 19.4 Å². The van der Waals surface area contributed by atoms with Crippen molar-refractivity contribution in [3.63, 3.8) is 0 Å². The average molecular weight is 843 g/mol. The van der Waals surface area contributed by atoms with E-state index in [1.807, 2.05) is 53.7 Å². The Bertz CT molecular complexity index is 2140. The van der Waals surface area contributed by atoms with Crippen LogP contribution in [0.3, 0.4) is 0 Å². The molecule has 2 aromatic heterocycles. The van der Waals surface area contributed by atoms with Gasteiger partial charge in [0.1, 0.15) is 35.3 Å². The van der Waals surface area contributed by atoms with Crippen molar-refractivity contribution >= 4 is 35.3 Å². The minimum absolute atomic E-state index is 0.107. The number of nitrogens with two attached hydrogens (primary N) is 2. The molecule has 0 bridgehead atoms. The largest absolute Gasteiger partial charge is 0.493 e. The van der Waals surface area contributed by atoms with Gasteiger partial charge in [-0.15, -0.1) is 0 Å². The van der Waals surface area contributed by atoms with Crippen molar-refractivity contribution in [2.75, 3.05) is 59.8 Å². The van der Waals surface area contributed by atoms with Gasteiger partial charge in [-0.2, -0.15) is 9.97 Å². The fourth-order valence-corrected chi connectivity index (χ4v) is 7.08. The second-order valence-corrected chi connectivity index (χ2v) is 16.1. The quantitative estimate of drug-likeness (QED) is 0.101. The lowest BCUT2D eigenvalue weighted by Crippen LogP contribution is -2.45. The molecule has 4 atom stereocenters. The third-order valence-electron chi connectivity index (χ3n) is 9.97. The molecular formula is C43H58N10O8. The van der Waals surface area contributed by atoms with Crippen LogP contribution in [0, 0.1) is 0 Å². The lowest BCUT2D eigenvalue weighted by Gasteiger charge is -2.27. The predicted octanol–water partition coefficient (Wildman–Crippen LogP) is 2.92. The van der Waals surface area contributed by atoms with E-state index < -0.39 is 24.1 Å². The minimum Gasteiger partial charge on any atom is -0.493 e. The number of aromatic nitrogens is 4. The summed E-state index contributed by atoms with van der Waals surface area (Å²) in [6.07, 6.45) is 1.59. The number of fused-ring (bicyclic) bond motifs is 2. The number of ether oxygens (including phenoxy) is 4. The van der Waals surface area contributed by atoms with Crippen LogP contribution in [-0.2, 0) is 22.3 Å². The van der Waals surface area contributed by atoms with Crippen LogP contribution in [-0.4, -0.2) is 124 Å². The van der Waals surface area contributed by atoms with Crippen LogP contribution in [0.4, 0.5) is 23.5 Å². The average Bonchev–Trinajstić information content (AvgIpc) is 3.98. The molecule has 61 heavy (non-hydrogen) atoms. The fraction of sp³-hybridized carbons (Fsp3) is 0.488. The first kappa shape index (κ1) is 45.0. The number of nitrogens with zero attached hydrogens (tertiary/aromatic N) is 6. The molecule has 0 saturated carbocycles. The van der Waals surface area contributed by atoms with Gasteiger partial charge in [-0.05, 0) is 101 Å². The summed E-state index contributed by atoms with van der Waals surface area (Å²) in [7, 11) is 0. The molecule has 1 fully saturated rings. The molecule has 7 rings (SSSR count). The molecule has 2 unspecified atom stereocenters. The highest BCUT2D eigenvalue weighted by Crippen LogP contribution is 2.32. The van der Waals surface area contributed by atoms with Crippen molar-refractivity contribution in [1.29, 1.82) is 0 Å². The second kappa shape index (κ2) is 19.9. The Morgan fingerprint density at radius 3 is 1.74 bits per heavy atom. The summed E-state index contributed by atoms with van der Waals surface area (Å²) in [4.78, 5) is 47.4. The van der Waals surface area contributed by atoms with Gasteiger partial charge in [0.2, 0.25) is 11.9 Å². The zero-order valence-corrected chi connectivity index (χ0v) is 35.6. The Balaban J connectivity index is 0.000000205. The molecule has 3 aliphatic heterocycles. The van der Waals surface area contributed by atoms with Gasteiger partial charge < -0.3 is 51.3 Å². The Hall–Kier alpha value is -5.50. The topological polar surface area (TPSA) is 246 Å². The van der Waals surface area contributed by atoms with E-state index in [4.69, 9.17) is 30.4 Å². The number of anilines is 4. The first-order valence-corrected chi connectivity index (χ1v) is 20.6. The van der Waals surface area contributed by atoms with Gasteiger partial charge in [-0.25, -0.2) is 9.97 Å². The van der Waals surface area contributed by atoms with Crippen LogP contribution >= 0.6 is 0 Å². The maximum absolute atomic E-state index is 13.7. The predicted molar refractivity (Wildman–Crippen MR) is 230 cm³/mol. The van der Waals surface area contributed by atoms with E-state index in [-0.39, 0.29) is 56.2 Å². The molecule has 18 nitrogen and oxygen atoms in total. The van der Waals surface area contributed by atoms with Crippen LogP contribution in [0.2, 0.25) is 0 Å². The second-order valence-electron chi connectivity index (χ2n) is 16.1. The highest BCUT2D eigenvalue weighted by Gasteiger charge is 2.42. The molecule has 2 amide bonds. The van der Waals surface area contributed by atoms with Gasteiger partial charge in [0.05, 0.1) is 38.5 Å². The first-order valence-electron chi connectivity index (χ1n) is 20.6. The highest BCUT2D eigenvalue weighted by atomic mass is 16.8. The number of aliphatic hydroxyl groups excluding tert-OH is 2. The summed E-state index contributed by atoms with van der Waals surface area (Å²) >= 11 is 0. The fourth-order valence-electron chi connectivity index (χ4n) is 7.08. The monoisotopic (exact) mass is 842 g/mol. The summed E-state index contributed by atoms with van der Waals surface area (Å²) < 4.78 is 23.1. The lowest BCUT2D eigenvalue weighted by molar-refractivity contribution is -0.144. The number of carbonyl (C=O) groups excluding carboxylic acids is 2. The Morgan fingerprint density at radius 1 is 0.754 bits per heavy atom. The summed E-state index contributed by atoms with van der Waals surface area (Å²) in [5, 5.41) is 26.5. The Morgan fingerprint density at radius 2 is 1.25 bits per heavy atom. The van der Waals surface area contributed by atoms with Crippen LogP contribution in [0.1, 0.15) is 73.4 Å². The molecule has 8 N–H and O–H groups in total. The summed E-state index contributed by atoms with van der Waals surface area (Å²) in [5.74, 6) is 1.92. The van der Waals surface area contributed by atoms with Crippen LogP contribution in [0.15, 0.2) is 60.9 Å². The van der Waals surface area contributed by atoms with E-state index >= 15 is 0 Å². The van der Waals surface area contributed by atoms with E-state index in [2.05, 4.69) is 30.6 Å². The van der Waals surface area contributed by atoms with Gasteiger partial charge in [-0.1, -0.05) is 0 Å². The molecule has 18 heteroatoms. The number of aliphatic hydroxyl groups is 2. The van der Waals surface area contributed by atoms with Crippen molar-refractivity contribution in [3.05, 3.63) is 83.2 Å². The van der Waals surface area contributed by atoms with Crippen molar-refractivity contribution in [2.24, 2.45) is 11.5 Å². The van der Waals surface area contributed by atoms with Crippen molar-refractivity contribution in [1.82, 2.24) is 19.9 Å². The molecular weight excluding hydrogens is 785 g/mol. The maximum atomic E-state index is 13.7. The number of nitrogens with one attached hydrogen (secondary N) is 2. The summed E-state index contributed by atoms with van der Waals surface area (Å²) in [6, 6.07) is 14.3. The smallest absolute Gasteiger partial charge is 0.259 e. The molecule has 0 radical (unpaired) electrons. The van der Waals surface area contributed by atoms with E-state index in [0.717, 1.165) is 35.5 Å².